The summed E-state index contributed by atoms with van der Waals surface area (Å²) < 4.78 is 5.31. The van der Waals surface area contributed by atoms with Crippen molar-refractivity contribution >= 4 is 11.0 Å². The van der Waals surface area contributed by atoms with E-state index in [1.54, 1.807) is 0 Å². The second-order valence-electron chi connectivity index (χ2n) is 5.84. The number of fused-ring (bicyclic) bond motifs is 1. The van der Waals surface area contributed by atoms with Crippen molar-refractivity contribution in [3.63, 3.8) is 0 Å². The van der Waals surface area contributed by atoms with Crippen molar-refractivity contribution in [2.45, 2.75) is 31.8 Å². The molecule has 1 aromatic carbocycles. The minimum absolute atomic E-state index is 0.522. The van der Waals surface area contributed by atoms with Crippen molar-refractivity contribution in [2.24, 2.45) is 0 Å². The predicted molar refractivity (Wildman–Crippen MR) is 81.0 cm³/mol. The van der Waals surface area contributed by atoms with Crippen LogP contribution in [0.2, 0.25) is 0 Å². The average Bonchev–Trinajstić information content (AvgIpc) is 3.28. The molecule has 2 aromatic heterocycles. The highest BCUT2D eigenvalue weighted by Gasteiger charge is 2.28. The van der Waals surface area contributed by atoms with Crippen LogP contribution in [0.15, 0.2) is 35.0 Å². The van der Waals surface area contributed by atoms with E-state index < -0.39 is 0 Å². The highest BCUT2D eigenvalue weighted by Crippen LogP contribution is 2.38. The molecule has 3 aromatic rings. The van der Waals surface area contributed by atoms with Crippen LogP contribution in [0.5, 0.6) is 0 Å². The van der Waals surface area contributed by atoms with Gasteiger partial charge in [0.25, 0.3) is 0 Å². The van der Waals surface area contributed by atoms with Crippen molar-refractivity contribution in [1.29, 1.82) is 0 Å². The molecule has 0 saturated heterocycles. The van der Waals surface area contributed by atoms with Crippen LogP contribution in [-0.4, -0.2) is 32.1 Å². The molecule has 0 atom stereocenters. The summed E-state index contributed by atoms with van der Waals surface area (Å²) in [6.07, 6.45) is 4.19. The topological polar surface area (TPSA) is 67.9 Å². The van der Waals surface area contributed by atoms with Gasteiger partial charge in [-0.05, 0) is 32.0 Å². The van der Waals surface area contributed by atoms with E-state index in [2.05, 4.69) is 25.0 Å². The molecule has 0 N–H and O–H groups in total. The highest BCUT2D eigenvalue weighted by atomic mass is 16.5. The monoisotopic (exact) mass is 295 g/mol. The first-order valence-electron chi connectivity index (χ1n) is 7.49. The van der Waals surface area contributed by atoms with E-state index in [0.717, 1.165) is 22.6 Å². The summed E-state index contributed by atoms with van der Waals surface area (Å²) in [7, 11) is 2.01. The Balaban J connectivity index is 1.44. The number of para-hydroxylation sites is 2. The molecule has 0 amide bonds. The highest BCUT2D eigenvalue weighted by molar-refractivity contribution is 5.73. The Morgan fingerprint density at radius 2 is 1.95 bits per heavy atom. The van der Waals surface area contributed by atoms with Gasteiger partial charge in [0.05, 0.1) is 29.5 Å². The molecule has 112 valence electrons. The van der Waals surface area contributed by atoms with Crippen molar-refractivity contribution in [1.82, 2.24) is 25.0 Å². The second-order valence-corrected chi connectivity index (χ2v) is 5.84. The van der Waals surface area contributed by atoms with Gasteiger partial charge in [0.2, 0.25) is 5.89 Å². The molecule has 1 aliphatic carbocycles. The summed E-state index contributed by atoms with van der Waals surface area (Å²) in [6.45, 7) is 1.31. The van der Waals surface area contributed by atoms with Gasteiger partial charge in [-0.3, -0.25) is 9.88 Å². The first-order valence-corrected chi connectivity index (χ1v) is 7.49. The zero-order valence-corrected chi connectivity index (χ0v) is 12.4. The summed E-state index contributed by atoms with van der Waals surface area (Å²) in [5, 5.41) is 4.04. The Bertz CT molecular complexity index is 796. The quantitative estimate of drug-likeness (QED) is 0.720. The van der Waals surface area contributed by atoms with E-state index in [-0.39, 0.29) is 0 Å². The molecule has 0 unspecified atom stereocenters. The van der Waals surface area contributed by atoms with Crippen LogP contribution in [0.4, 0.5) is 0 Å². The number of benzene rings is 1. The third-order valence-corrected chi connectivity index (χ3v) is 3.76. The van der Waals surface area contributed by atoms with E-state index in [1.807, 2.05) is 37.5 Å². The first-order chi connectivity index (χ1) is 10.8. The standard InChI is InChI=1S/C16H17N5O/c1-21(10-15-19-16(20-22-15)11-6-7-11)9-12-8-17-13-4-2-3-5-14(13)18-12/h2-5,8,11H,6-7,9-10H2,1H3. The van der Waals surface area contributed by atoms with Gasteiger partial charge < -0.3 is 4.52 Å². The largest absolute Gasteiger partial charge is 0.338 e. The Kier molecular flexibility index (Phi) is 3.31. The van der Waals surface area contributed by atoms with Crippen LogP contribution >= 0.6 is 0 Å². The summed E-state index contributed by atoms with van der Waals surface area (Å²) in [6, 6.07) is 7.89. The Morgan fingerprint density at radius 3 is 2.77 bits per heavy atom. The maximum atomic E-state index is 5.31. The normalized spacial score (nSPS) is 14.8. The summed E-state index contributed by atoms with van der Waals surface area (Å²) in [5.41, 5.74) is 2.77. The SMILES string of the molecule is CN(Cc1cnc2ccccc2n1)Cc1nc(C2CC2)no1. The van der Waals surface area contributed by atoms with Gasteiger partial charge in [0.15, 0.2) is 5.82 Å². The van der Waals surface area contributed by atoms with E-state index in [1.165, 1.54) is 12.8 Å². The number of hydrogen-bond donors (Lipinski definition) is 0. The van der Waals surface area contributed by atoms with Gasteiger partial charge in [-0.25, -0.2) is 4.98 Å². The van der Waals surface area contributed by atoms with Crippen LogP contribution in [-0.2, 0) is 13.1 Å². The fraction of sp³-hybridized carbons (Fsp3) is 0.375. The lowest BCUT2D eigenvalue weighted by atomic mass is 10.3. The average molecular weight is 295 g/mol. The predicted octanol–water partition coefficient (Wildman–Crippen LogP) is 2.52. The first kappa shape index (κ1) is 13.3. The number of rotatable bonds is 5. The molecule has 1 fully saturated rings. The maximum absolute atomic E-state index is 5.31. The maximum Gasteiger partial charge on any atom is 0.240 e. The van der Waals surface area contributed by atoms with Crippen molar-refractivity contribution in [3.8, 4) is 0 Å². The second kappa shape index (κ2) is 5.46. The summed E-state index contributed by atoms with van der Waals surface area (Å²) >= 11 is 0. The van der Waals surface area contributed by atoms with Crippen LogP contribution in [0.25, 0.3) is 11.0 Å². The van der Waals surface area contributed by atoms with Gasteiger partial charge in [0, 0.05) is 12.5 Å². The molecular formula is C16H17N5O. The number of aromatic nitrogens is 4. The molecule has 22 heavy (non-hydrogen) atoms. The van der Waals surface area contributed by atoms with Crippen molar-refractivity contribution in [3.05, 3.63) is 47.9 Å². The van der Waals surface area contributed by atoms with Crippen LogP contribution < -0.4 is 0 Å². The lowest BCUT2D eigenvalue weighted by Gasteiger charge is -2.13. The third-order valence-electron chi connectivity index (χ3n) is 3.76. The molecule has 6 nitrogen and oxygen atoms in total. The molecule has 0 spiro atoms. The Labute approximate surface area is 128 Å². The molecule has 0 bridgehead atoms. The van der Waals surface area contributed by atoms with E-state index in [0.29, 0.717) is 24.9 Å². The van der Waals surface area contributed by atoms with Crippen molar-refractivity contribution < 1.29 is 4.52 Å². The molecule has 1 saturated carbocycles. The smallest absolute Gasteiger partial charge is 0.240 e. The summed E-state index contributed by atoms with van der Waals surface area (Å²) in [4.78, 5) is 15.6. The molecule has 4 rings (SSSR count). The van der Waals surface area contributed by atoms with Gasteiger partial charge >= 0.3 is 0 Å². The van der Waals surface area contributed by atoms with Crippen LogP contribution in [0.1, 0.15) is 36.2 Å². The molecule has 0 radical (unpaired) electrons. The zero-order chi connectivity index (χ0) is 14.9. The van der Waals surface area contributed by atoms with Crippen molar-refractivity contribution in [2.75, 3.05) is 7.05 Å². The Hall–Kier alpha value is -2.34. The molecule has 0 aliphatic heterocycles. The lowest BCUT2D eigenvalue weighted by Crippen LogP contribution is -2.18. The van der Waals surface area contributed by atoms with Gasteiger partial charge in [-0.15, -0.1) is 0 Å². The molecule has 1 aliphatic rings. The molecule has 2 heterocycles. The fourth-order valence-corrected chi connectivity index (χ4v) is 2.47. The minimum atomic E-state index is 0.522. The van der Waals surface area contributed by atoms with Gasteiger partial charge in [-0.1, -0.05) is 17.3 Å². The van der Waals surface area contributed by atoms with E-state index in [4.69, 9.17) is 4.52 Å². The third kappa shape index (κ3) is 2.82. The van der Waals surface area contributed by atoms with Gasteiger partial charge in [0.1, 0.15) is 0 Å². The fourth-order valence-electron chi connectivity index (χ4n) is 2.47. The lowest BCUT2D eigenvalue weighted by molar-refractivity contribution is 0.258. The van der Waals surface area contributed by atoms with Gasteiger partial charge in [-0.2, -0.15) is 4.98 Å². The zero-order valence-electron chi connectivity index (χ0n) is 12.4. The van der Waals surface area contributed by atoms with E-state index in [9.17, 15) is 0 Å². The number of hydrogen-bond acceptors (Lipinski definition) is 6. The molecule has 6 heteroatoms. The molecular weight excluding hydrogens is 278 g/mol. The Morgan fingerprint density at radius 1 is 1.14 bits per heavy atom. The van der Waals surface area contributed by atoms with Crippen LogP contribution in [0, 0.1) is 0 Å². The van der Waals surface area contributed by atoms with E-state index >= 15 is 0 Å². The van der Waals surface area contributed by atoms with Crippen LogP contribution in [0.3, 0.4) is 0 Å². The summed E-state index contributed by atoms with van der Waals surface area (Å²) in [5.74, 6) is 2.04. The minimum Gasteiger partial charge on any atom is -0.338 e. The number of nitrogens with zero attached hydrogens (tertiary/aromatic N) is 5.